The van der Waals surface area contributed by atoms with Crippen LogP contribution < -0.4 is 15.8 Å². The predicted molar refractivity (Wildman–Crippen MR) is 162 cm³/mol. The van der Waals surface area contributed by atoms with Crippen molar-refractivity contribution in [2.75, 3.05) is 63.6 Å². The van der Waals surface area contributed by atoms with Gasteiger partial charge in [-0.2, -0.15) is 0 Å². The standard InChI is InChI=1S/C32H40N6O2/c1-22-27-9-12-34-30(27)8-7-29(22)36-32-28(33)21-35-23(2)31(32)24-3-5-26(6-4-24)40-20-15-37-13-10-25(11-14-37)38-16-18-39-19-17-38/h3-9,12,21,25,34H,10-11,13-20,33H2,1-2H3,(H,35,36). The Morgan fingerprint density at radius 1 is 1.02 bits per heavy atom. The van der Waals surface area contributed by atoms with E-state index in [1.165, 1.54) is 23.8 Å². The van der Waals surface area contributed by atoms with Crippen molar-refractivity contribution in [1.82, 2.24) is 19.8 Å². The second-order valence-electron chi connectivity index (χ2n) is 10.9. The predicted octanol–water partition coefficient (Wildman–Crippen LogP) is 5.35. The normalized spacial score (nSPS) is 17.4. The zero-order valence-corrected chi connectivity index (χ0v) is 23.6. The highest BCUT2D eigenvalue weighted by molar-refractivity contribution is 5.94. The third-order valence-electron chi connectivity index (χ3n) is 8.50. The molecule has 0 saturated carbocycles. The number of aromatic nitrogens is 2. The molecule has 210 valence electrons. The lowest BCUT2D eigenvalue weighted by Crippen LogP contribution is -2.49. The Labute approximate surface area is 236 Å². The molecule has 2 aromatic carbocycles. The van der Waals surface area contributed by atoms with Crippen molar-refractivity contribution in [3.8, 4) is 16.9 Å². The van der Waals surface area contributed by atoms with E-state index in [0.29, 0.717) is 18.3 Å². The number of nitrogens with zero attached hydrogens (tertiary/aromatic N) is 3. The lowest BCUT2D eigenvalue weighted by molar-refractivity contribution is 0.0000705. The lowest BCUT2D eigenvalue weighted by Gasteiger charge is -2.40. The maximum atomic E-state index is 6.47. The van der Waals surface area contributed by atoms with E-state index in [2.05, 4.69) is 62.3 Å². The molecule has 40 heavy (non-hydrogen) atoms. The van der Waals surface area contributed by atoms with Gasteiger partial charge in [0, 0.05) is 59.7 Å². The highest BCUT2D eigenvalue weighted by Crippen LogP contribution is 2.38. The van der Waals surface area contributed by atoms with E-state index in [4.69, 9.17) is 15.2 Å². The Balaban J connectivity index is 1.09. The number of aryl methyl sites for hydroxylation is 2. The average molecular weight is 541 g/mol. The molecule has 0 unspecified atom stereocenters. The average Bonchev–Trinajstić information content (AvgIpc) is 3.48. The smallest absolute Gasteiger partial charge is 0.119 e. The number of fused-ring (bicyclic) bond motifs is 1. The second kappa shape index (κ2) is 11.9. The number of morpholine rings is 1. The Hall–Kier alpha value is -3.59. The number of nitrogens with one attached hydrogen (secondary N) is 2. The summed E-state index contributed by atoms with van der Waals surface area (Å²) in [5, 5.41) is 4.81. The minimum Gasteiger partial charge on any atom is -0.492 e. The van der Waals surface area contributed by atoms with Crippen LogP contribution >= 0.6 is 0 Å². The number of pyridine rings is 1. The molecular weight excluding hydrogens is 500 g/mol. The van der Waals surface area contributed by atoms with Crippen molar-refractivity contribution in [3.63, 3.8) is 0 Å². The van der Waals surface area contributed by atoms with Crippen molar-refractivity contribution >= 4 is 28.0 Å². The number of ether oxygens (including phenoxy) is 2. The van der Waals surface area contributed by atoms with Crippen molar-refractivity contribution in [1.29, 1.82) is 0 Å². The fourth-order valence-electron chi connectivity index (χ4n) is 6.12. The van der Waals surface area contributed by atoms with E-state index in [1.807, 2.05) is 25.3 Å². The first-order valence-corrected chi connectivity index (χ1v) is 14.4. The molecule has 2 fully saturated rings. The number of hydrogen-bond acceptors (Lipinski definition) is 7. The number of rotatable bonds is 8. The summed E-state index contributed by atoms with van der Waals surface area (Å²) in [6, 6.07) is 15.3. The van der Waals surface area contributed by atoms with Crippen LogP contribution in [0.15, 0.2) is 54.9 Å². The van der Waals surface area contributed by atoms with Crippen LogP contribution in [0.2, 0.25) is 0 Å². The van der Waals surface area contributed by atoms with Crippen molar-refractivity contribution < 1.29 is 9.47 Å². The van der Waals surface area contributed by atoms with E-state index in [9.17, 15) is 0 Å². The fraction of sp³-hybridized carbons (Fsp3) is 0.406. The summed E-state index contributed by atoms with van der Waals surface area (Å²) in [6.07, 6.45) is 6.16. The minimum atomic E-state index is 0.617. The molecule has 2 aliphatic rings. The topological polar surface area (TPSA) is 91.7 Å². The zero-order chi connectivity index (χ0) is 27.5. The Morgan fingerprint density at radius 3 is 2.58 bits per heavy atom. The van der Waals surface area contributed by atoms with Gasteiger partial charge in [-0.25, -0.2) is 0 Å². The van der Waals surface area contributed by atoms with Gasteiger partial charge in [0.2, 0.25) is 0 Å². The van der Waals surface area contributed by atoms with Crippen LogP contribution in [0, 0.1) is 13.8 Å². The summed E-state index contributed by atoms with van der Waals surface area (Å²) in [6.45, 7) is 12.0. The number of likely N-dealkylation sites (tertiary alicyclic amines) is 1. The minimum absolute atomic E-state index is 0.617. The molecule has 4 aromatic rings. The van der Waals surface area contributed by atoms with Gasteiger partial charge < -0.3 is 25.5 Å². The maximum Gasteiger partial charge on any atom is 0.119 e. The van der Waals surface area contributed by atoms with Crippen LogP contribution in [0.25, 0.3) is 22.0 Å². The number of H-pyrrole nitrogens is 1. The maximum absolute atomic E-state index is 6.47. The van der Waals surface area contributed by atoms with Crippen LogP contribution in [-0.4, -0.2) is 78.4 Å². The molecular formula is C32H40N6O2. The van der Waals surface area contributed by atoms with Crippen LogP contribution in [0.3, 0.4) is 0 Å². The van der Waals surface area contributed by atoms with E-state index < -0.39 is 0 Å². The monoisotopic (exact) mass is 540 g/mol. The number of hydrogen-bond donors (Lipinski definition) is 3. The van der Waals surface area contributed by atoms with Crippen LogP contribution in [0.4, 0.5) is 17.1 Å². The van der Waals surface area contributed by atoms with Crippen molar-refractivity contribution in [2.45, 2.75) is 32.7 Å². The summed E-state index contributed by atoms with van der Waals surface area (Å²) in [4.78, 5) is 13.0. The molecule has 2 aromatic heterocycles. The molecule has 0 bridgehead atoms. The molecule has 2 aliphatic heterocycles. The summed E-state index contributed by atoms with van der Waals surface area (Å²) in [5.74, 6) is 0.879. The van der Waals surface area contributed by atoms with E-state index in [1.54, 1.807) is 6.20 Å². The number of nitrogens with two attached hydrogens (primary N) is 1. The zero-order valence-electron chi connectivity index (χ0n) is 23.6. The fourth-order valence-corrected chi connectivity index (χ4v) is 6.12. The Bertz CT molecular complexity index is 1440. The van der Waals surface area contributed by atoms with Crippen molar-refractivity contribution in [3.05, 3.63) is 66.1 Å². The Morgan fingerprint density at radius 2 is 1.80 bits per heavy atom. The van der Waals surface area contributed by atoms with Gasteiger partial charge in [0.15, 0.2) is 0 Å². The van der Waals surface area contributed by atoms with Gasteiger partial charge in [0.05, 0.1) is 30.8 Å². The first-order valence-electron chi connectivity index (χ1n) is 14.4. The second-order valence-corrected chi connectivity index (χ2v) is 10.9. The highest BCUT2D eigenvalue weighted by atomic mass is 16.5. The third kappa shape index (κ3) is 5.66. The molecule has 0 radical (unpaired) electrons. The molecule has 8 heteroatoms. The van der Waals surface area contributed by atoms with Gasteiger partial charge >= 0.3 is 0 Å². The van der Waals surface area contributed by atoms with Crippen LogP contribution in [0.5, 0.6) is 5.75 Å². The Kier molecular flexibility index (Phi) is 7.91. The molecule has 0 amide bonds. The van der Waals surface area contributed by atoms with E-state index >= 15 is 0 Å². The molecule has 0 spiro atoms. The van der Waals surface area contributed by atoms with Gasteiger partial charge in [0.25, 0.3) is 0 Å². The molecule has 2 saturated heterocycles. The molecule has 0 atom stereocenters. The first-order chi connectivity index (χ1) is 19.6. The summed E-state index contributed by atoms with van der Waals surface area (Å²) in [5.41, 5.74) is 14.3. The SMILES string of the molecule is Cc1ncc(N)c(Nc2ccc3[nH]ccc3c2C)c1-c1ccc(OCCN2CCC(N3CCOCC3)CC2)cc1. The molecule has 0 aliphatic carbocycles. The molecule has 6 rings (SSSR count). The number of piperidine rings is 1. The molecule has 8 nitrogen and oxygen atoms in total. The summed E-state index contributed by atoms with van der Waals surface area (Å²) in [7, 11) is 0. The highest BCUT2D eigenvalue weighted by Gasteiger charge is 2.25. The largest absolute Gasteiger partial charge is 0.492 e. The number of benzene rings is 2. The van der Waals surface area contributed by atoms with Gasteiger partial charge in [-0.3, -0.25) is 14.8 Å². The summed E-state index contributed by atoms with van der Waals surface area (Å²) < 4.78 is 11.7. The van der Waals surface area contributed by atoms with Gasteiger partial charge in [-0.05, 0) is 81.2 Å². The van der Waals surface area contributed by atoms with E-state index in [-0.39, 0.29) is 0 Å². The van der Waals surface area contributed by atoms with Crippen LogP contribution in [-0.2, 0) is 4.74 Å². The van der Waals surface area contributed by atoms with Gasteiger partial charge in [0.1, 0.15) is 12.4 Å². The van der Waals surface area contributed by atoms with Crippen LogP contribution in [0.1, 0.15) is 24.1 Å². The van der Waals surface area contributed by atoms with E-state index in [0.717, 1.165) is 85.4 Å². The first kappa shape index (κ1) is 26.6. The summed E-state index contributed by atoms with van der Waals surface area (Å²) >= 11 is 0. The van der Waals surface area contributed by atoms with Gasteiger partial charge in [-0.15, -0.1) is 0 Å². The number of aromatic amines is 1. The molecule has 4 N–H and O–H groups in total. The van der Waals surface area contributed by atoms with Crippen molar-refractivity contribution in [2.24, 2.45) is 0 Å². The number of anilines is 3. The third-order valence-corrected chi connectivity index (χ3v) is 8.50. The quantitative estimate of drug-likeness (QED) is 0.278. The lowest BCUT2D eigenvalue weighted by atomic mass is 10.0. The van der Waals surface area contributed by atoms with Gasteiger partial charge in [-0.1, -0.05) is 12.1 Å². The number of nitrogen functional groups attached to an aromatic ring is 1. The molecule has 4 heterocycles.